The summed E-state index contributed by atoms with van der Waals surface area (Å²) in [6, 6.07) is 9.01. The van der Waals surface area contributed by atoms with Crippen molar-refractivity contribution in [3.05, 3.63) is 82.6 Å². The highest BCUT2D eigenvalue weighted by Gasteiger charge is 2.35. The van der Waals surface area contributed by atoms with Crippen LogP contribution in [0.15, 0.2) is 59.8 Å². The summed E-state index contributed by atoms with van der Waals surface area (Å²) in [5.74, 6) is -2.38. The van der Waals surface area contributed by atoms with Gasteiger partial charge in [0.05, 0.1) is 37.1 Å². The lowest BCUT2D eigenvalue weighted by atomic mass is 9.94. The van der Waals surface area contributed by atoms with E-state index in [2.05, 4.69) is 10.6 Å². The lowest BCUT2D eigenvalue weighted by Gasteiger charge is -2.32. The van der Waals surface area contributed by atoms with Gasteiger partial charge in [-0.25, -0.2) is 18.4 Å². The van der Waals surface area contributed by atoms with E-state index >= 15 is 0 Å². The highest BCUT2D eigenvalue weighted by molar-refractivity contribution is 5.97. The van der Waals surface area contributed by atoms with Crippen molar-refractivity contribution in [1.29, 1.82) is 0 Å². The minimum absolute atomic E-state index is 0.0292. The molecule has 2 aromatic carbocycles. The van der Waals surface area contributed by atoms with E-state index < -0.39 is 35.6 Å². The average Bonchev–Trinajstić information content (AvgIpc) is 2.81. The van der Waals surface area contributed by atoms with Crippen molar-refractivity contribution in [1.82, 2.24) is 15.5 Å². The number of nitrogens with one attached hydrogen (secondary N) is 2. The zero-order chi connectivity index (χ0) is 24.7. The summed E-state index contributed by atoms with van der Waals surface area (Å²) in [5, 5.41) is 5.18. The molecular weight excluding hydrogens is 448 g/mol. The van der Waals surface area contributed by atoms with Gasteiger partial charge in [-0.1, -0.05) is 18.2 Å². The molecule has 0 aromatic heterocycles. The van der Waals surface area contributed by atoms with E-state index in [0.717, 1.165) is 6.07 Å². The first-order valence-electron chi connectivity index (χ1n) is 10.6. The Labute approximate surface area is 195 Å². The largest absolute Gasteiger partial charge is 0.463 e. The molecule has 1 unspecified atom stereocenters. The maximum Gasteiger partial charge on any atom is 0.338 e. The molecule has 34 heavy (non-hydrogen) atoms. The monoisotopic (exact) mass is 473 g/mol. The maximum atomic E-state index is 13.9. The fourth-order valence-electron chi connectivity index (χ4n) is 3.58. The van der Waals surface area contributed by atoms with E-state index in [9.17, 15) is 23.2 Å². The van der Waals surface area contributed by atoms with E-state index in [1.54, 1.807) is 13.0 Å². The average molecular weight is 473 g/mol. The highest BCUT2D eigenvalue weighted by Crippen LogP contribution is 2.29. The molecule has 1 aliphatic heterocycles. The lowest BCUT2D eigenvalue weighted by Crippen LogP contribution is -2.49. The van der Waals surface area contributed by atoms with Crippen LogP contribution in [0.2, 0.25) is 0 Å². The third-order valence-electron chi connectivity index (χ3n) is 5.10. The number of halogens is 2. The third kappa shape index (κ3) is 5.96. The molecule has 0 radical (unpaired) electrons. The zero-order valence-electron chi connectivity index (χ0n) is 18.8. The molecule has 1 atom stereocenters. The van der Waals surface area contributed by atoms with Crippen molar-refractivity contribution in [3.63, 3.8) is 0 Å². The van der Waals surface area contributed by atoms with E-state index in [-0.39, 0.29) is 43.1 Å². The summed E-state index contributed by atoms with van der Waals surface area (Å²) in [4.78, 5) is 39.9. The summed E-state index contributed by atoms with van der Waals surface area (Å²) in [5.41, 5.74) is 0.561. The van der Waals surface area contributed by atoms with Gasteiger partial charge in [-0.2, -0.15) is 0 Å². The van der Waals surface area contributed by atoms with E-state index in [1.165, 1.54) is 48.4 Å². The number of hydrogen-bond acceptors (Lipinski definition) is 5. The van der Waals surface area contributed by atoms with Gasteiger partial charge >= 0.3 is 12.0 Å². The van der Waals surface area contributed by atoms with Crippen LogP contribution in [0.4, 0.5) is 13.6 Å². The number of rotatable bonds is 9. The Kier molecular flexibility index (Phi) is 8.31. The van der Waals surface area contributed by atoms with Gasteiger partial charge in [0.2, 0.25) is 0 Å². The molecule has 0 saturated heterocycles. The van der Waals surface area contributed by atoms with Crippen LogP contribution in [-0.4, -0.2) is 56.2 Å². The quantitative estimate of drug-likeness (QED) is 0.546. The van der Waals surface area contributed by atoms with E-state index in [1.807, 2.05) is 0 Å². The predicted molar refractivity (Wildman–Crippen MR) is 119 cm³/mol. The molecule has 10 heteroatoms. The van der Waals surface area contributed by atoms with Crippen LogP contribution in [-0.2, 0) is 14.3 Å². The molecule has 1 aliphatic rings. The van der Waals surface area contributed by atoms with E-state index in [0.29, 0.717) is 5.56 Å². The van der Waals surface area contributed by atoms with Gasteiger partial charge in [-0.15, -0.1) is 0 Å². The highest BCUT2D eigenvalue weighted by atomic mass is 19.1. The summed E-state index contributed by atoms with van der Waals surface area (Å²) < 4.78 is 37.9. The van der Waals surface area contributed by atoms with Crippen molar-refractivity contribution in [2.24, 2.45) is 0 Å². The van der Waals surface area contributed by atoms with E-state index in [4.69, 9.17) is 9.47 Å². The van der Waals surface area contributed by atoms with Gasteiger partial charge in [0.25, 0.3) is 5.91 Å². The Morgan fingerprint density at radius 1 is 1.09 bits per heavy atom. The summed E-state index contributed by atoms with van der Waals surface area (Å²) >= 11 is 0. The normalized spacial score (nSPS) is 15.4. The Morgan fingerprint density at radius 3 is 2.44 bits per heavy atom. The Morgan fingerprint density at radius 2 is 1.79 bits per heavy atom. The second-order valence-corrected chi connectivity index (χ2v) is 7.43. The molecule has 3 rings (SSSR count). The second kappa shape index (κ2) is 11.4. The van der Waals surface area contributed by atoms with Crippen LogP contribution in [0.3, 0.4) is 0 Å². The van der Waals surface area contributed by atoms with Gasteiger partial charge in [0.15, 0.2) is 0 Å². The fraction of sp³-hybridized carbons (Fsp3) is 0.292. The number of nitrogens with zero attached hydrogens (tertiary/aromatic N) is 1. The van der Waals surface area contributed by atoms with Crippen LogP contribution in [0.5, 0.6) is 0 Å². The van der Waals surface area contributed by atoms with Gasteiger partial charge in [0.1, 0.15) is 11.6 Å². The molecule has 0 fully saturated rings. The zero-order valence-corrected chi connectivity index (χ0v) is 18.8. The van der Waals surface area contributed by atoms with Crippen molar-refractivity contribution >= 4 is 17.9 Å². The van der Waals surface area contributed by atoms with Crippen molar-refractivity contribution in [3.8, 4) is 0 Å². The topological polar surface area (TPSA) is 97.0 Å². The molecule has 0 bridgehead atoms. The Balaban J connectivity index is 2.05. The summed E-state index contributed by atoms with van der Waals surface area (Å²) in [6.07, 6.45) is 0. The molecule has 180 valence electrons. The number of urea groups is 1. The third-order valence-corrected chi connectivity index (χ3v) is 5.10. The number of ether oxygens (including phenoxy) is 2. The number of esters is 1. The number of carbonyl (C=O) groups excluding carboxylic acids is 3. The first kappa shape index (κ1) is 24.8. The predicted octanol–water partition coefficient (Wildman–Crippen LogP) is 2.92. The summed E-state index contributed by atoms with van der Waals surface area (Å²) in [6.45, 7) is 1.74. The Hall–Kier alpha value is -3.79. The van der Waals surface area contributed by atoms with Gasteiger partial charge < -0.3 is 25.0 Å². The molecular formula is C24H25F2N3O5. The number of hydrogen-bond donors (Lipinski definition) is 2. The van der Waals surface area contributed by atoms with Gasteiger partial charge in [-0.05, 0) is 42.8 Å². The molecule has 3 amide bonds. The molecule has 0 aliphatic carbocycles. The number of methoxy groups -OCH3 is 1. The molecule has 0 spiro atoms. The van der Waals surface area contributed by atoms with Crippen molar-refractivity contribution in [2.75, 3.05) is 33.4 Å². The van der Waals surface area contributed by atoms with Gasteiger partial charge in [0, 0.05) is 19.2 Å². The number of carbonyl (C=O) groups is 3. The smallest absolute Gasteiger partial charge is 0.338 e. The van der Waals surface area contributed by atoms with Crippen molar-refractivity contribution < 1.29 is 32.6 Å². The first-order chi connectivity index (χ1) is 16.3. The minimum Gasteiger partial charge on any atom is -0.463 e. The van der Waals surface area contributed by atoms with Crippen LogP contribution in [0.1, 0.15) is 28.9 Å². The lowest BCUT2D eigenvalue weighted by molar-refractivity contribution is -0.139. The molecule has 8 nitrogen and oxygen atoms in total. The van der Waals surface area contributed by atoms with Crippen LogP contribution >= 0.6 is 0 Å². The number of amides is 3. The molecule has 1 heterocycles. The second-order valence-electron chi connectivity index (χ2n) is 7.43. The van der Waals surface area contributed by atoms with Crippen LogP contribution in [0, 0.1) is 11.6 Å². The molecule has 2 N–H and O–H groups in total. The number of benzene rings is 2. The van der Waals surface area contributed by atoms with Gasteiger partial charge in [-0.3, -0.25) is 4.79 Å². The fourth-order valence-corrected chi connectivity index (χ4v) is 3.58. The van der Waals surface area contributed by atoms with Crippen LogP contribution < -0.4 is 10.6 Å². The summed E-state index contributed by atoms with van der Waals surface area (Å²) in [7, 11) is 1.46. The Bertz CT molecular complexity index is 1110. The maximum absolute atomic E-state index is 13.9. The first-order valence-corrected chi connectivity index (χ1v) is 10.6. The molecule has 2 aromatic rings. The minimum atomic E-state index is -1.01. The SMILES string of the molecule is CCOC(=O)C1=C(CN(CCOC)C(=O)c2cccc(F)c2)NC(=O)NC1c1cccc(F)c1. The molecule has 0 saturated carbocycles. The van der Waals surface area contributed by atoms with Crippen LogP contribution in [0.25, 0.3) is 0 Å². The van der Waals surface area contributed by atoms with Crippen molar-refractivity contribution in [2.45, 2.75) is 13.0 Å². The standard InChI is InChI=1S/C24H25F2N3O5/c1-3-34-23(31)20-19(27-24(32)28-21(20)15-6-4-8-17(25)12-15)14-29(10-11-33-2)22(30)16-7-5-9-18(26)13-16/h4-9,12-13,21H,3,10-11,14H2,1-2H3,(H2,27,28,32).